The van der Waals surface area contributed by atoms with Gasteiger partial charge in [0, 0.05) is 116 Å². The monoisotopic (exact) mass is 1800 g/mol. The molecule has 0 aliphatic carbocycles. The predicted octanol–water partition coefficient (Wildman–Crippen LogP) is -0.553. The number of aromatic nitrogens is 4. The zero-order chi connectivity index (χ0) is 92.8. The average Bonchev–Trinajstić information content (AvgIpc) is 1.73. The number of benzene rings is 5. The number of carbonyl (C=O) groups is 16. The molecule has 8 aromatic rings. The number of hydrogen-bond acceptors (Lipinski definition) is 22. The summed E-state index contributed by atoms with van der Waals surface area (Å²) < 4.78 is 0. The van der Waals surface area contributed by atoms with E-state index in [1.54, 1.807) is 91.3 Å². The van der Waals surface area contributed by atoms with Gasteiger partial charge >= 0.3 is 11.9 Å². The van der Waals surface area contributed by atoms with E-state index in [1.165, 1.54) is 72.9 Å². The number of thiol groups is 2. The number of fused-ring (bicyclic) bond motifs is 2. The van der Waals surface area contributed by atoms with Gasteiger partial charge in [0.1, 0.15) is 84.0 Å². The molecule has 0 bridgehead atoms. The standard InChI is InChI=1S/C87H107N19O20S2/c1-46(2)32-58(88)75(113)97-62(28-30-74(111)112)78(116)99-65(35-50-21-25-55(108)26-22-50)82(120)105-69(43-127)84(122)101-63(33-48-12-5-4-6-13-48)81(119)100-64(34-49-19-23-54(107)24-20-49)80(118)98-61(27-29-72(89)109)77(115)103-67(37-52-40-92-60-17-10-8-15-57(52)60)83(121)102-66(36-51-39-91-59-16-9-7-14-56(51)59)76(114)93-42-73(110)96-70(44-128)86(124)106-31-11-18-71(106)85(123)104-68(38-53-41-90-45-94-53)79(117)95-47(3)87(125)126/h4-10,12-17,19-26,39-41,45-47,58,61-71,91-92,107-108,127-128H,11,18,27-38,42-44,88H2,1-3H3,(H2,89,109)(H,90,94)(H,93,114)(H,95,117)(H,96,110)(H,97,113)(H,98,118)(H,99,116)(H,100,119)(H,101,122)(H,102,121)(H,103,115)(H,104,123)(H,105,120)(H,111,112)(H,125,126)/t47-,58-,61-,62-,63-,64-,65-,66-,67-,68-,69-,70-,71-/m0/s1. The summed E-state index contributed by atoms with van der Waals surface area (Å²) in [5, 5.41) is 72.0. The molecule has 3 aromatic heterocycles. The minimum absolute atomic E-state index is 0.0438. The van der Waals surface area contributed by atoms with E-state index < -0.39 is 211 Å². The van der Waals surface area contributed by atoms with E-state index in [2.05, 4.69) is 109 Å². The number of phenols is 2. The number of aromatic hydroxyl groups is 2. The number of nitrogens with one attached hydrogen (secondary N) is 15. The van der Waals surface area contributed by atoms with Crippen LogP contribution in [0.2, 0.25) is 0 Å². The summed E-state index contributed by atoms with van der Waals surface area (Å²) in [6.07, 6.45) is 2.86. The van der Waals surface area contributed by atoms with Crippen LogP contribution in [0.25, 0.3) is 21.8 Å². The van der Waals surface area contributed by atoms with Crippen LogP contribution in [-0.4, -0.2) is 243 Å². The summed E-state index contributed by atoms with van der Waals surface area (Å²) in [5.41, 5.74) is 15.7. The van der Waals surface area contributed by atoms with Crippen LogP contribution in [0.1, 0.15) is 99.2 Å². The lowest BCUT2D eigenvalue weighted by Gasteiger charge is -2.29. The van der Waals surface area contributed by atoms with E-state index in [0.29, 0.717) is 61.7 Å². The van der Waals surface area contributed by atoms with Crippen LogP contribution in [-0.2, 0) is 115 Å². The number of hydrogen-bond donors (Lipinski definition) is 23. The number of H-pyrrole nitrogens is 3. The Morgan fingerprint density at radius 3 is 1.36 bits per heavy atom. The number of nitrogens with zero attached hydrogens (tertiary/aromatic N) is 2. The molecule has 128 heavy (non-hydrogen) atoms. The number of phenolic OH excluding ortho intramolecular Hbond substituents is 2. The molecule has 5 aromatic carbocycles. The smallest absolute Gasteiger partial charge is 0.325 e. The topological polar surface area (TPSA) is 614 Å². The van der Waals surface area contributed by atoms with Gasteiger partial charge in [0.2, 0.25) is 82.7 Å². The van der Waals surface area contributed by atoms with Gasteiger partial charge in [0.25, 0.3) is 0 Å². The van der Waals surface area contributed by atoms with Gasteiger partial charge in [0.15, 0.2) is 0 Å². The van der Waals surface area contributed by atoms with E-state index in [9.17, 15) is 78.0 Å². The fourth-order valence-corrected chi connectivity index (χ4v) is 15.0. The average molecular weight is 1800 g/mol. The highest BCUT2D eigenvalue weighted by atomic mass is 32.1. The Labute approximate surface area is 745 Å². The van der Waals surface area contributed by atoms with Crippen LogP contribution in [0, 0.1) is 5.92 Å². The first-order chi connectivity index (χ1) is 61.1. The number of carboxylic acid groups (broad SMARTS) is 2. The van der Waals surface area contributed by atoms with Crippen LogP contribution < -0.4 is 75.3 Å². The first kappa shape index (κ1) is 98.0. The molecule has 41 heteroatoms. The van der Waals surface area contributed by atoms with Gasteiger partial charge in [-0.1, -0.05) is 105 Å². The van der Waals surface area contributed by atoms with E-state index >= 15 is 19.2 Å². The molecule has 1 aliphatic rings. The van der Waals surface area contributed by atoms with Gasteiger partial charge in [0.05, 0.1) is 18.9 Å². The lowest BCUT2D eigenvalue weighted by Crippen LogP contribution is -2.61. The molecular weight excluding hydrogens is 1700 g/mol. The highest BCUT2D eigenvalue weighted by molar-refractivity contribution is 7.80. The van der Waals surface area contributed by atoms with E-state index in [0.717, 1.165) is 0 Å². The number of primary amides is 1. The third-order valence-corrected chi connectivity index (χ3v) is 22.0. The highest BCUT2D eigenvalue weighted by Gasteiger charge is 2.41. The summed E-state index contributed by atoms with van der Waals surface area (Å²) in [4.78, 5) is 239. The molecule has 0 spiro atoms. The van der Waals surface area contributed by atoms with Crippen molar-refractivity contribution in [2.45, 2.75) is 183 Å². The molecule has 0 saturated carbocycles. The number of aliphatic carboxylic acids is 2. The molecule has 0 radical (unpaired) electrons. The van der Waals surface area contributed by atoms with Crippen molar-refractivity contribution in [3.63, 3.8) is 0 Å². The molecule has 39 nitrogen and oxygen atoms in total. The maximum atomic E-state index is 15.4. The maximum absolute atomic E-state index is 15.4. The van der Waals surface area contributed by atoms with Crippen molar-refractivity contribution in [1.82, 2.24) is 88.6 Å². The second kappa shape index (κ2) is 47.5. The lowest BCUT2D eigenvalue weighted by molar-refractivity contribution is -0.143. The van der Waals surface area contributed by atoms with Gasteiger partial charge in [-0.05, 0) is 109 Å². The highest BCUT2D eigenvalue weighted by Crippen LogP contribution is 2.25. The molecule has 9 rings (SSSR count). The lowest BCUT2D eigenvalue weighted by atomic mass is 10.00. The van der Waals surface area contributed by atoms with Crippen LogP contribution in [0.4, 0.5) is 0 Å². The number of aromatic amines is 3. The van der Waals surface area contributed by atoms with Crippen molar-refractivity contribution in [3.8, 4) is 11.5 Å². The van der Waals surface area contributed by atoms with Crippen molar-refractivity contribution < 1.29 is 97.1 Å². The van der Waals surface area contributed by atoms with E-state index in [4.69, 9.17) is 11.5 Å². The molecule has 13 atom stereocenters. The van der Waals surface area contributed by atoms with Crippen molar-refractivity contribution in [1.29, 1.82) is 0 Å². The summed E-state index contributed by atoms with van der Waals surface area (Å²) in [5.74, 6) is -16.8. The van der Waals surface area contributed by atoms with E-state index in [-0.39, 0.29) is 81.1 Å². The predicted molar refractivity (Wildman–Crippen MR) is 473 cm³/mol. The maximum Gasteiger partial charge on any atom is 0.325 e. The van der Waals surface area contributed by atoms with Crippen molar-refractivity contribution >= 4 is 142 Å². The number of nitrogens with two attached hydrogens (primary N) is 2. The molecule has 682 valence electrons. The van der Waals surface area contributed by atoms with Crippen LogP contribution >= 0.6 is 25.3 Å². The van der Waals surface area contributed by atoms with E-state index in [1.807, 2.05) is 13.8 Å². The fourth-order valence-electron chi connectivity index (χ4n) is 14.5. The molecule has 14 amide bonds. The first-order valence-corrected chi connectivity index (χ1v) is 42.7. The van der Waals surface area contributed by atoms with Crippen molar-refractivity contribution in [2.24, 2.45) is 17.4 Å². The van der Waals surface area contributed by atoms with Gasteiger partial charge in [-0.25, -0.2) is 4.98 Å². The van der Waals surface area contributed by atoms with Crippen LogP contribution in [0.5, 0.6) is 11.5 Å². The molecular formula is C87H107N19O20S2. The van der Waals surface area contributed by atoms with Crippen LogP contribution in [0.15, 0.2) is 152 Å². The Balaban J connectivity index is 0.951. The third-order valence-electron chi connectivity index (χ3n) is 21.3. The van der Waals surface area contributed by atoms with Gasteiger partial charge in [-0.3, -0.25) is 76.7 Å². The number of amides is 14. The van der Waals surface area contributed by atoms with Gasteiger partial charge in [-0.15, -0.1) is 0 Å². The number of rotatable bonds is 48. The summed E-state index contributed by atoms with van der Waals surface area (Å²) in [6.45, 7) is 4.11. The molecule has 23 N–H and O–H groups in total. The molecule has 4 heterocycles. The molecule has 1 aliphatic heterocycles. The fraction of sp³-hybridized carbons (Fsp3) is 0.391. The largest absolute Gasteiger partial charge is 0.508 e. The minimum Gasteiger partial charge on any atom is -0.508 e. The molecule has 0 unspecified atom stereocenters. The Kier molecular flexibility index (Phi) is 36.3. The molecule has 1 saturated heterocycles. The zero-order valence-electron chi connectivity index (χ0n) is 70.3. The Morgan fingerprint density at radius 2 is 0.891 bits per heavy atom. The Bertz CT molecular complexity index is 5250. The Hall–Kier alpha value is -13.8. The SMILES string of the molecule is CC(C)C[C@H](N)C(=O)N[C@@H](CCC(=O)O)C(=O)N[C@@H](Cc1ccc(O)cc1)C(=O)N[C@@H](CS)C(=O)N[C@@H](Cc1ccccc1)C(=O)N[C@@H](Cc1ccc(O)cc1)C(=O)N[C@@H](CCC(N)=O)C(=O)N[C@@H](Cc1c[nH]c2ccccc12)C(=O)N[C@@H](Cc1c[nH]c2ccccc12)C(=O)NCC(=O)N[C@@H](CS)C(=O)N1CCC[C@H]1C(=O)N[C@@H](Cc1cnc[nH]1)C(=O)N[C@@H](C)C(=O)O. The second-order valence-corrected chi connectivity index (χ2v) is 32.3. The number of likely N-dealkylation sites (tertiary alicyclic amines) is 1. The van der Waals surface area contributed by atoms with Crippen molar-refractivity contribution in [3.05, 3.63) is 186 Å². The minimum atomic E-state index is -1.78. The number of carboxylic acids is 2. The summed E-state index contributed by atoms with van der Waals surface area (Å²) >= 11 is 8.75. The second-order valence-electron chi connectivity index (χ2n) is 31.5. The van der Waals surface area contributed by atoms with Crippen LogP contribution in [0.3, 0.4) is 0 Å². The quantitative estimate of drug-likeness (QED) is 0.0213. The van der Waals surface area contributed by atoms with Crippen molar-refractivity contribution in [2.75, 3.05) is 24.6 Å². The van der Waals surface area contributed by atoms with Gasteiger partial charge in [-0.2, -0.15) is 25.3 Å². The molecule has 1 fully saturated rings. The summed E-state index contributed by atoms with van der Waals surface area (Å²) in [7, 11) is 0. The third kappa shape index (κ3) is 29.1. The summed E-state index contributed by atoms with van der Waals surface area (Å²) in [6, 6.07) is 13.9. The number of carbonyl (C=O) groups excluding carboxylic acids is 14. The Morgan fingerprint density at radius 1 is 0.469 bits per heavy atom. The van der Waals surface area contributed by atoms with Gasteiger partial charge < -0.3 is 116 Å². The first-order valence-electron chi connectivity index (χ1n) is 41.4. The number of para-hydroxylation sites is 2. The zero-order valence-corrected chi connectivity index (χ0v) is 72.1. The normalized spacial score (nSPS) is 15.2. The number of imidazole rings is 1.